The van der Waals surface area contributed by atoms with Crippen molar-refractivity contribution in [2.45, 2.75) is 0 Å². The predicted octanol–water partition coefficient (Wildman–Crippen LogP) is -0.892. The molecule has 0 saturated carbocycles. The summed E-state index contributed by atoms with van der Waals surface area (Å²) in [5.41, 5.74) is -0.757. The first-order valence-electron chi connectivity index (χ1n) is 3.23. The molecule has 62 valence electrons. The molecular formula is C7H7N3O2. The van der Waals surface area contributed by atoms with Crippen LogP contribution in [0.4, 0.5) is 5.69 Å². The van der Waals surface area contributed by atoms with E-state index in [1.54, 1.807) is 0 Å². The van der Waals surface area contributed by atoms with Crippen molar-refractivity contribution in [2.24, 2.45) is 0 Å². The largest absolute Gasteiger partial charge is 0.368 e. The van der Waals surface area contributed by atoms with E-state index in [9.17, 15) is 9.59 Å². The van der Waals surface area contributed by atoms with Gasteiger partial charge in [0.15, 0.2) is 0 Å². The van der Waals surface area contributed by atoms with Gasteiger partial charge in [-0.1, -0.05) is 5.92 Å². The van der Waals surface area contributed by atoms with Gasteiger partial charge in [-0.15, -0.1) is 6.42 Å². The molecule has 0 fully saturated rings. The highest BCUT2D eigenvalue weighted by atomic mass is 16.2. The summed E-state index contributed by atoms with van der Waals surface area (Å²) >= 11 is 0. The second-order valence-corrected chi connectivity index (χ2v) is 2.04. The maximum atomic E-state index is 10.9. The third kappa shape index (κ3) is 1.76. The van der Waals surface area contributed by atoms with Gasteiger partial charge in [0.05, 0.1) is 6.54 Å². The van der Waals surface area contributed by atoms with Crippen LogP contribution >= 0.6 is 0 Å². The zero-order chi connectivity index (χ0) is 8.97. The van der Waals surface area contributed by atoms with Crippen LogP contribution in [-0.2, 0) is 0 Å². The number of aromatic amines is 2. The average Bonchev–Trinajstić information content (AvgIpc) is 2.03. The summed E-state index contributed by atoms with van der Waals surface area (Å²) in [6.07, 6.45) is 6.24. The lowest BCUT2D eigenvalue weighted by atomic mass is 10.5. The number of rotatable bonds is 2. The molecule has 5 heteroatoms. The van der Waals surface area contributed by atoms with Crippen molar-refractivity contribution < 1.29 is 0 Å². The van der Waals surface area contributed by atoms with Gasteiger partial charge in [0.1, 0.15) is 5.69 Å². The monoisotopic (exact) mass is 165 g/mol. The third-order valence-electron chi connectivity index (χ3n) is 1.20. The first kappa shape index (κ1) is 8.14. The summed E-state index contributed by atoms with van der Waals surface area (Å²) < 4.78 is 0. The molecule has 0 bridgehead atoms. The van der Waals surface area contributed by atoms with Gasteiger partial charge < -0.3 is 10.3 Å². The van der Waals surface area contributed by atoms with Gasteiger partial charge in [0.25, 0.3) is 5.56 Å². The van der Waals surface area contributed by atoms with E-state index in [-0.39, 0.29) is 12.2 Å². The van der Waals surface area contributed by atoms with E-state index in [0.717, 1.165) is 0 Å². The fourth-order valence-electron chi connectivity index (χ4n) is 0.687. The van der Waals surface area contributed by atoms with Gasteiger partial charge in [-0.25, -0.2) is 4.79 Å². The highest BCUT2D eigenvalue weighted by Crippen LogP contribution is 1.88. The molecule has 0 spiro atoms. The molecule has 1 rings (SSSR count). The van der Waals surface area contributed by atoms with Crippen LogP contribution in [0.15, 0.2) is 15.8 Å². The zero-order valence-corrected chi connectivity index (χ0v) is 6.18. The Bertz CT molecular complexity index is 410. The molecule has 0 amide bonds. The lowest BCUT2D eigenvalue weighted by Gasteiger charge is -1.97. The minimum atomic E-state index is -0.536. The normalized spacial score (nSPS) is 8.92. The Morgan fingerprint density at radius 1 is 1.58 bits per heavy atom. The molecule has 3 N–H and O–H groups in total. The number of aromatic nitrogens is 2. The van der Waals surface area contributed by atoms with Crippen molar-refractivity contribution in [1.82, 2.24) is 9.97 Å². The fourth-order valence-corrected chi connectivity index (χ4v) is 0.687. The molecule has 0 aliphatic rings. The molecule has 12 heavy (non-hydrogen) atoms. The molecule has 0 radical (unpaired) electrons. The van der Waals surface area contributed by atoms with Crippen molar-refractivity contribution in [2.75, 3.05) is 11.9 Å². The van der Waals surface area contributed by atoms with Crippen molar-refractivity contribution >= 4 is 5.69 Å². The SMILES string of the molecule is C#CCNc1c[nH]c(=O)[nH]c1=O. The molecular weight excluding hydrogens is 158 g/mol. The molecule has 0 saturated heterocycles. The second kappa shape index (κ2) is 3.44. The number of hydrogen-bond acceptors (Lipinski definition) is 3. The van der Waals surface area contributed by atoms with E-state index in [1.807, 2.05) is 4.98 Å². The van der Waals surface area contributed by atoms with Gasteiger partial charge in [0.2, 0.25) is 0 Å². The van der Waals surface area contributed by atoms with Crippen molar-refractivity contribution in [3.05, 3.63) is 27.0 Å². The topological polar surface area (TPSA) is 77.8 Å². The number of H-pyrrole nitrogens is 2. The van der Waals surface area contributed by atoms with Gasteiger partial charge in [-0.3, -0.25) is 9.78 Å². The smallest absolute Gasteiger partial charge is 0.325 e. The number of nitrogens with one attached hydrogen (secondary N) is 3. The molecule has 0 aliphatic heterocycles. The van der Waals surface area contributed by atoms with Crippen LogP contribution in [-0.4, -0.2) is 16.5 Å². The maximum Gasteiger partial charge on any atom is 0.325 e. The number of anilines is 1. The van der Waals surface area contributed by atoms with E-state index in [1.165, 1.54) is 6.20 Å². The molecule has 1 aromatic rings. The predicted molar refractivity (Wildman–Crippen MR) is 45.0 cm³/mol. The second-order valence-electron chi connectivity index (χ2n) is 2.04. The van der Waals surface area contributed by atoms with E-state index < -0.39 is 11.2 Å². The summed E-state index contributed by atoms with van der Waals surface area (Å²) in [6, 6.07) is 0. The highest BCUT2D eigenvalue weighted by molar-refractivity contribution is 5.38. The first-order valence-corrected chi connectivity index (χ1v) is 3.23. The quantitative estimate of drug-likeness (QED) is 0.497. The van der Waals surface area contributed by atoms with Crippen LogP contribution < -0.4 is 16.6 Å². The minimum Gasteiger partial charge on any atom is -0.368 e. The Morgan fingerprint density at radius 2 is 2.33 bits per heavy atom. The molecule has 1 heterocycles. The van der Waals surface area contributed by atoms with Crippen LogP contribution in [0.25, 0.3) is 0 Å². The highest BCUT2D eigenvalue weighted by Gasteiger charge is 1.95. The fraction of sp³-hybridized carbons (Fsp3) is 0.143. The van der Waals surface area contributed by atoms with Crippen LogP contribution in [0.2, 0.25) is 0 Å². The Labute approximate surface area is 67.8 Å². The summed E-state index contributed by atoms with van der Waals surface area (Å²) in [6.45, 7) is 0.245. The first-order chi connectivity index (χ1) is 5.74. The van der Waals surface area contributed by atoms with Gasteiger partial charge >= 0.3 is 5.69 Å². The van der Waals surface area contributed by atoms with E-state index >= 15 is 0 Å². The van der Waals surface area contributed by atoms with Crippen molar-refractivity contribution in [3.8, 4) is 12.3 Å². The third-order valence-corrected chi connectivity index (χ3v) is 1.20. The van der Waals surface area contributed by atoms with Crippen molar-refractivity contribution in [1.29, 1.82) is 0 Å². The Balaban J connectivity index is 2.96. The molecule has 1 aromatic heterocycles. The van der Waals surface area contributed by atoms with Crippen molar-refractivity contribution in [3.63, 3.8) is 0 Å². The van der Waals surface area contributed by atoms with Crippen LogP contribution in [0.1, 0.15) is 0 Å². The van der Waals surface area contributed by atoms with Gasteiger partial charge in [-0.05, 0) is 0 Å². The summed E-state index contributed by atoms with van der Waals surface area (Å²) in [7, 11) is 0. The summed E-state index contributed by atoms with van der Waals surface area (Å²) in [4.78, 5) is 25.8. The standard InChI is InChI=1S/C7H7N3O2/c1-2-3-8-5-4-9-7(12)10-6(5)11/h1,4,8H,3H2,(H2,9,10,11,12). The maximum absolute atomic E-state index is 10.9. The Hall–Kier alpha value is -1.96. The lowest BCUT2D eigenvalue weighted by Crippen LogP contribution is -2.24. The average molecular weight is 165 g/mol. The van der Waals surface area contributed by atoms with Crippen LogP contribution in [0.3, 0.4) is 0 Å². The minimum absolute atomic E-state index is 0.245. The Morgan fingerprint density at radius 3 is 2.92 bits per heavy atom. The Kier molecular flexibility index (Phi) is 2.33. The van der Waals surface area contributed by atoms with E-state index in [4.69, 9.17) is 6.42 Å². The molecule has 0 unspecified atom stereocenters. The van der Waals surface area contributed by atoms with Gasteiger partial charge in [0, 0.05) is 6.20 Å². The number of terminal acetylenes is 1. The zero-order valence-electron chi connectivity index (χ0n) is 6.18. The van der Waals surface area contributed by atoms with E-state index in [0.29, 0.717) is 0 Å². The summed E-state index contributed by atoms with van der Waals surface area (Å²) in [5.74, 6) is 2.30. The lowest BCUT2D eigenvalue weighted by molar-refractivity contribution is 1.03. The van der Waals surface area contributed by atoms with Crippen LogP contribution in [0.5, 0.6) is 0 Å². The van der Waals surface area contributed by atoms with Crippen LogP contribution in [0, 0.1) is 12.3 Å². The molecule has 0 aromatic carbocycles. The van der Waals surface area contributed by atoms with E-state index in [2.05, 4.69) is 16.2 Å². The molecule has 0 atom stereocenters. The number of hydrogen-bond donors (Lipinski definition) is 3. The summed E-state index contributed by atoms with van der Waals surface area (Å²) in [5, 5.41) is 2.64. The molecule has 5 nitrogen and oxygen atoms in total. The molecule has 0 aliphatic carbocycles. The van der Waals surface area contributed by atoms with Gasteiger partial charge in [-0.2, -0.15) is 0 Å².